The average Bonchev–Trinajstić information content (AvgIpc) is 3.72. The van der Waals surface area contributed by atoms with Crippen LogP contribution in [0.4, 0.5) is 11.4 Å². The van der Waals surface area contributed by atoms with Crippen LogP contribution in [0.3, 0.4) is 0 Å². The van der Waals surface area contributed by atoms with Crippen molar-refractivity contribution in [3.63, 3.8) is 0 Å². The zero-order chi connectivity index (χ0) is 38.5. The van der Waals surface area contributed by atoms with Crippen LogP contribution >= 0.6 is 0 Å². The van der Waals surface area contributed by atoms with E-state index >= 15 is 0 Å². The quantitative estimate of drug-likeness (QED) is 0.0796. The Morgan fingerprint density at radius 2 is 1.33 bits per heavy atom. The number of amides is 3. The number of nitrogens with zero attached hydrogens (tertiary/aromatic N) is 4. The van der Waals surface area contributed by atoms with E-state index in [0.29, 0.717) is 78.9 Å². The largest absolute Gasteiger partial charge is 0.382 e. The molecule has 0 atom stereocenters. The third-order valence-corrected chi connectivity index (χ3v) is 8.89. The Morgan fingerprint density at radius 3 is 2.04 bits per heavy atom. The molecule has 13 heteroatoms. The van der Waals surface area contributed by atoms with Crippen LogP contribution in [0.15, 0.2) is 85.3 Å². The minimum absolute atomic E-state index is 0.238. The van der Waals surface area contributed by atoms with Crippen molar-refractivity contribution in [2.75, 3.05) is 84.5 Å². The fourth-order valence-corrected chi connectivity index (χ4v) is 5.68. The van der Waals surface area contributed by atoms with Gasteiger partial charge in [0.15, 0.2) is 0 Å². The number of quaternary nitrogens is 1. The fraction of sp³-hybridized carbons (Fsp3) is 0.317. The molecule has 0 fully saturated rings. The second kappa shape index (κ2) is 18.9. The average molecular weight is 737 g/mol. The standard InChI is InChI=1S/C41H49N7O6/c1-46-29-35(25-37(46)40(50)42-16-17-48(3,4)18-19-53-22-23-54-21-20-52-5)45-41(51)38-26-34(28-47(38)2)44-39(49)32-14-12-30(13-15-32)10-11-31-24-33-8-6-7-9-36(33)43-27-31/h6-15,24-29H,16-23H2,1-5H3,(H2-,42,44,45,49,50,51)/p+1/b11-10+. The molecule has 3 amide bonds. The number of nitrogens with one attached hydrogen (secondary N) is 3. The monoisotopic (exact) mass is 736 g/mol. The van der Waals surface area contributed by atoms with Gasteiger partial charge >= 0.3 is 0 Å². The normalized spacial score (nSPS) is 11.6. The van der Waals surface area contributed by atoms with Crippen molar-refractivity contribution in [3.8, 4) is 0 Å². The number of fused-ring (bicyclic) bond motifs is 1. The summed E-state index contributed by atoms with van der Waals surface area (Å²) >= 11 is 0. The molecule has 3 N–H and O–H groups in total. The molecule has 0 aliphatic heterocycles. The molecule has 0 aliphatic carbocycles. The molecule has 3 heterocycles. The number of rotatable bonds is 19. The number of aromatic nitrogens is 3. The molecule has 0 aliphatic rings. The zero-order valence-corrected chi connectivity index (χ0v) is 31.6. The predicted molar refractivity (Wildman–Crippen MR) is 212 cm³/mol. The summed E-state index contributed by atoms with van der Waals surface area (Å²) in [5.74, 6) is -0.913. The highest BCUT2D eigenvalue weighted by molar-refractivity contribution is 6.07. The summed E-state index contributed by atoms with van der Waals surface area (Å²) in [5.41, 5.74) is 5.07. The van der Waals surface area contributed by atoms with E-state index in [1.807, 2.05) is 54.7 Å². The van der Waals surface area contributed by atoms with Crippen molar-refractivity contribution in [1.29, 1.82) is 0 Å². The summed E-state index contributed by atoms with van der Waals surface area (Å²) in [4.78, 5) is 43.8. The van der Waals surface area contributed by atoms with E-state index in [-0.39, 0.29) is 17.7 Å². The lowest BCUT2D eigenvalue weighted by molar-refractivity contribution is -0.889. The number of benzene rings is 2. The van der Waals surface area contributed by atoms with Crippen molar-refractivity contribution in [3.05, 3.63) is 113 Å². The van der Waals surface area contributed by atoms with Gasteiger partial charge < -0.3 is 43.8 Å². The first kappa shape index (κ1) is 39.6. The predicted octanol–water partition coefficient (Wildman–Crippen LogP) is 5.07. The van der Waals surface area contributed by atoms with E-state index in [1.54, 1.807) is 67.0 Å². The number of carbonyl (C=O) groups is 3. The van der Waals surface area contributed by atoms with Crippen molar-refractivity contribution in [2.45, 2.75) is 0 Å². The summed E-state index contributed by atoms with van der Waals surface area (Å²) in [5, 5.41) is 9.79. The van der Waals surface area contributed by atoms with Gasteiger partial charge in [0.05, 0.1) is 77.1 Å². The third-order valence-electron chi connectivity index (χ3n) is 8.89. The second-order valence-corrected chi connectivity index (χ2v) is 13.6. The third kappa shape index (κ3) is 11.4. The molecule has 0 saturated heterocycles. The summed E-state index contributed by atoms with van der Waals surface area (Å²) in [7, 11) is 9.29. The lowest BCUT2D eigenvalue weighted by Crippen LogP contribution is -2.47. The van der Waals surface area contributed by atoms with Crippen LogP contribution in [0.25, 0.3) is 23.1 Å². The van der Waals surface area contributed by atoms with Crippen molar-refractivity contribution in [1.82, 2.24) is 19.4 Å². The van der Waals surface area contributed by atoms with E-state index in [4.69, 9.17) is 14.2 Å². The van der Waals surface area contributed by atoms with Crippen LogP contribution < -0.4 is 16.0 Å². The van der Waals surface area contributed by atoms with Crippen molar-refractivity contribution in [2.24, 2.45) is 14.1 Å². The van der Waals surface area contributed by atoms with Gasteiger partial charge in [-0.05, 0) is 47.5 Å². The van der Waals surface area contributed by atoms with Crippen LogP contribution in [-0.4, -0.2) is 110 Å². The number of anilines is 2. The van der Waals surface area contributed by atoms with Gasteiger partial charge in [-0.1, -0.05) is 42.5 Å². The molecule has 5 aromatic rings. The molecule has 54 heavy (non-hydrogen) atoms. The molecular formula is C41H50N7O6+. The Labute approximate surface area is 316 Å². The summed E-state index contributed by atoms with van der Waals surface area (Å²) in [6.45, 7) is 4.73. The van der Waals surface area contributed by atoms with Gasteiger partial charge in [-0.25, -0.2) is 0 Å². The molecule has 0 saturated carbocycles. The SMILES string of the molecule is COCCOCCOCC[N+](C)(C)CCNC(=O)c1cc(NC(=O)c2cc(NC(=O)c3ccc(/C=C/c4cnc5ccccc5c4)cc3)cn2C)cn1C. The number of methoxy groups -OCH3 is 1. The maximum absolute atomic E-state index is 13.2. The van der Waals surface area contributed by atoms with Gasteiger partial charge in [-0.3, -0.25) is 19.4 Å². The van der Waals surface area contributed by atoms with Crippen LogP contribution in [0.1, 0.15) is 42.5 Å². The Morgan fingerprint density at radius 1 is 0.722 bits per heavy atom. The maximum atomic E-state index is 13.2. The zero-order valence-electron chi connectivity index (χ0n) is 31.6. The molecule has 284 valence electrons. The highest BCUT2D eigenvalue weighted by atomic mass is 16.5. The van der Waals surface area contributed by atoms with Gasteiger partial charge in [0.25, 0.3) is 17.7 Å². The van der Waals surface area contributed by atoms with Gasteiger partial charge in [0, 0.05) is 50.7 Å². The Bertz CT molecular complexity index is 2070. The number of carbonyl (C=O) groups excluding carboxylic acids is 3. The summed E-state index contributed by atoms with van der Waals surface area (Å²) < 4.78 is 20.0. The van der Waals surface area contributed by atoms with Crippen LogP contribution in [0, 0.1) is 0 Å². The molecule has 0 bridgehead atoms. The number of ether oxygens (including phenoxy) is 3. The smallest absolute Gasteiger partial charge is 0.272 e. The first-order chi connectivity index (χ1) is 26.0. The molecule has 2 aromatic carbocycles. The van der Waals surface area contributed by atoms with Crippen LogP contribution in [-0.2, 0) is 28.3 Å². The molecule has 13 nitrogen and oxygen atoms in total. The lowest BCUT2D eigenvalue weighted by atomic mass is 10.1. The molecule has 3 aromatic heterocycles. The molecule has 0 unspecified atom stereocenters. The van der Waals surface area contributed by atoms with Gasteiger partial charge in [-0.2, -0.15) is 0 Å². The lowest BCUT2D eigenvalue weighted by Gasteiger charge is -2.29. The van der Waals surface area contributed by atoms with Crippen molar-refractivity contribution < 1.29 is 33.1 Å². The van der Waals surface area contributed by atoms with E-state index in [1.165, 1.54) is 0 Å². The van der Waals surface area contributed by atoms with E-state index in [9.17, 15) is 14.4 Å². The number of likely N-dealkylation sites (N-methyl/N-ethyl adjacent to an activating group) is 1. The Balaban J connectivity index is 1.07. The van der Waals surface area contributed by atoms with Crippen molar-refractivity contribution >= 4 is 52.2 Å². The number of aryl methyl sites for hydroxylation is 2. The number of hydrogen-bond donors (Lipinski definition) is 3. The van der Waals surface area contributed by atoms with Gasteiger partial charge in [-0.15, -0.1) is 0 Å². The topological polar surface area (TPSA) is 138 Å². The fourth-order valence-electron chi connectivity index (χ4n) is 5.68. The van der Waals surface area contributed by atoms with E-state index in [2.05, 4.69) is 41.1 Å². The number of hydrogen-bond acceptors (Lipinski definition) is 7. The van der Waals surface area contributed by atoms with Crippen LogP contribution in [0.2, 0.25) is 0 Å². The molecule has 5 rings (SSSR count). The van der Waals surface area contributed by atoms with Gasteiger partial charge in [0.2, 0.25) is 0 Å². The minimum atomic E-state index is -0.379. The van der Waals surface area contributed by atoms with E-state index < -0.39 is 0 Å². The number of para-hydroxylation sites is 1. The first-order valence-corrected chi connectivity index (χ1v) is 17.8. The minimum Gasteiger partial charge on any atom is -0.382 e. The Kier molecular flexibility index (Phi) is 13.9. The second-order valence-electron chi connectivity index (χ2n) is 13.6. The number of pyridine rings is 1. The van der Waals surface area contributed by atoms with Crippen LogP contribution in [0.5, 0.6) is 0 Å². The highest BCUT2D eigenvalue weighted by Crippen LogP contribution is 2.19. The summed E-state index contributed by atoms with van der Waals surface area (Å²) in [6.07, 6.45) is 9.16. The molecule has 0 radical (unpaired) electrons. The molecular weight excluding hydrogens is 686 g/mol. The summed E-state index contributed by atoms with van der Waals surface area (Å²) in [6, 6.07) is 20.6. The first-order valence-electron chi connectivity index (χ1n) is 17.8. The van der Waals surface area contributed by atoms with E-state index in [0.717, 1.165) is 28.6 Å². The maximum Gasteiger partial charge on any atom is 0.272 e. The highest BCUT2D eigenvalue weighted by Gasteiger charge is 2.19. The Hall–Kier alpha value is -5.60. The van der Waals surface area contributed by atoms with Gasteiger partial charge in [0.1, 0.15) is 17.9 Å². The molecule has 0 spiro atoms.